The summed E-state index contributed by atoms with van der Waals surface area (Å²) < 4.78 is 0. The third kappa shape index (κ3) is 1.91. The number of nitrogens with two attached hydrogens (primary N) is 1. The van der Waals surface area contributed by atoms with Crippen LogP contribution < -0.4 is 11.1 Å². The van der Waals surface area contributed by atoms with E-state index in [1.54, 1.807) is 0 Å². The van der Waals surface area contributed by atoms with Crippen LogP contribution in [0.2, 0.25) is 0 Å². The normalized spacial score (nSPS) is 23.3. The molecule has 1 atom stereocenters. The van der Waals surface area contributed by atoms with E-state index in [9.17, 15) is 4.79 Å². The van der Waals surface area contributed by atoms with E-state index in [2.05, 4.69) is 11.4 Å². The summed E-state index contributed by atoms with van der Waals surface area (Å²) in [6.45, 7) is 3.27. The van der Waals surface area contributed by atoms with Crippen LogP contribution in [0.4, 0.5) is 0 Å². The minimum atomic E-state index is 0.183. The number of carbonyl (C=O) groups excluding carboxylic acids is 1. The molecular formula is C14H19N3O. The highest BCUT2D eigenvalue weighted by Gasteiger charge is 2.33. The summed E-state index contributed by atoms with van der Waals surface area (Å²) in [6.07, 6.45) is 2.26. The van der Waals surface area contributed by atoms with Crippen molar-refractivity contribution in [2.75, 3.05) is 13.1 Å². The Morgan fingerprint density at radius 3 is 3.06 bits per heavy atom. The van der Waals surface area contributed by atoms with Gasteiger partial charge < -0.3 is 16.0 Å². The summed E-state index contributed by atoms with van der Waals surface area (Å²) in [4.78, 5) is 14.4. The smallest absolute Gasteiger partial charge is 0.254 e. The highest BCUT2D eigenvalue weighted by atomic mass is 16.2. The molecule has 0 aromatic heterocycles. The lowest BCUT2D eigenvalue weighted by molar-refractivity contribution is 0.0674. The molecule has 2 aliphatic heterocycles. The first-order chi connectivity index (χ1) is 8.79. The predicted molar refractivity (Wildman–Crippen MR) is 70.1 cm³/mol. The van der Waals surface area contributed by atoms with Gasteiger partial charge in [-0.05, 0) is 36.6 Å². The zero-order valence-corrected chi connectivity index (χ0v) is 10.5. The van der Waals surface area contributed by atoms with E-state index in [1.807, 2.05) is 17.0 Å². The monoisotopic (exact) mass is 245 g/mol. The van der Waals surface area contributed by atoms with Crippen LogP contribution in [0.25, 0.3) is 0 Å². The van der Waals surface area contributed by atoms with E-state index in [4.69, 9.17) is 5.73 Å². The Balaban J connectivity index is 1.83. The third-order valence-corrected chi connectivity index (χ3v) is 3.95. The lowest BCUT2D eigenvalue weighted by Gasteiger charge is -2.31. The van der Waals surface area contributed by atoms with E-state index in [-0.39, 0.29) is 5.91 Å². The lowest BCUT2D eigenvalue weighted by atomic mass is 10.1. The second-order valence-electron chi connectivity index (χ2n) is 5.13. The van der Waals surface area contributed by atoms with E-state index < -0.39 is 0 Å². The van der Waals surface area contributed by atoms with Gasteiger partial charge in [0.15, 0.2) is 0 Å². The molecule has 1 amide bonds. The molecule has 4 nitrogen and oxygen atoms in total. The second kappa shape index (κ2) is 4.71. The largest absolute Gasteiger partial charge is 0.330 e. The second-order valence-corrected chi connectivity index (χ2v) is 5.13. The molecule has 3 rings (SSSR count). The quantitative estimate of drug-likeness (QED) is 0.812. The van der Waals surface area contributed by atoms with Crippen molar-refractivity contribution < 1.29 is 4.79 Å². The van der Waals surface area contributed by atoms with Gasteiger partial charge in [-0.15, -0.1) is 0 Å². The van der Waals surface area contributed by atoms with Gasteiger partial charge in [0.25, 0.3) is 5.91 Å². The van der Waals surface area contributed by atoms with Crippen molar-refractivity contribution in [1.82, 2.24) is 10.2 Å². The lowest BCUT2D eigenvalue weighted by Crippen LogP contribution is -2.46. The first kappa shape index (κ1) is 11.7. The number of hydrogen-bond acceptors (Lipinski definition) is 3. The van der Waals surface area contributed by atoms with Gasteiger partial charge >= 0.3 is 0 Å². The summed E-state index contributed by atoms with van der Waals surface area (Å²) in [6, 6.07) is 6.30. The Morgan fingerprint density at radius 2 is 2.33 bits per heavy atom. The molecule has 1 fully saturated rings. The number of nitrogens with one attached hydrogen (secondary N) is 1. The van der Waals surface area contributed by atoms with Gasteiger partial charge in [0.2, 0.25) is 0 Å². The molecule has 3 N–H and O–H groups in total. The molecular weight excluding hydrogens is 226 g/mol. The topological polar surface area (TPSA) is 58.4 Å². The summed E-state index contributed by atoms with van der Waals surface area (Å²) in [7, 11) is 0. The van der Waals surface area contributed by atoms with Crippen LogP contribution >= 0.6 is 0 Å². The van der Waals surface area contributed by atoms with Gasteiger partial charge in [-0.3, -0.25) is 4.79 Å². The maximum Gasteiger partial charge on any atom is 0.254 e. The minimum absolute atomic E-state index is 0.183. The van der Waals surface area contributed by atoms with Crippen molar-refractivity contribution in [2.24, 2.45) is 5.73 Å². The van der Waals surface area contributed by atoms with Crippen LogP contribution in [-0.4, -0.2) is 29.9 Å². The fourth-order valence-electron chi connectivity index (χ4n) is 2.92. The zero-order chi connectivity index (χ0) is 12.5. The molecule has 0 spiro atoms. The van der Waals surface area contributed by atoms with Crippen molar-refractivity contribution >= 4 is 5.91 Å². The highest BCUT2D eigenvalue weighted by Crippen LogP contribution is 2.27. The molecule has 1 aromatic carbocycles. The Bertz CT molecular complexity index is 466. The maximum atomic E-state index is 12.4. The van der Waals surface area contributed by atoms with Crippen LogP contribution in [0.1, 0.15) is 34.3 Å². The van der Waals surface area contributed by atoms with Crippen molar-refractivity contribution in [1.29, 1.82) is 0 Å². The van der Waals surface area contributed by atoms with E-state index in [0.29, 0.717) is 12.6 Å². The van der Waals surface area contributed by atoms with Crippen LogP contribution in [0.15, 0.2) is 18.2 Å². The Kier molecular flexibility index (Phi) is 3.06. The molecule has 0 saturated carbocycles. The van der Waals surface area contributed by atoms with Crippen molar-refractivity contribution in [3.05, 3.63) is 34.9 Å². The Labute approximate surface area is 107 Å². The number of carbonyl (C=O) groups is 1. The maximum absolute atomic E-state index is 12.4. The average molecular weight is 245 g/mol. The number of benzene rings is 1. The third-order valence-electron chi connectivity index (χ3n) is 3.95. The van der Waals surface area contributed by atoms with Crippen molar-refractivity contribution in [2.45, 2.75) is 32.0 Å². The highest BCUT2D eigenvalue weighted by molar-refractivity contribution is 5.98. The number of nitrogens with zero attached hydrogens (tertiary/aromatic N) is 1. The summed E-state index contributed by atoms with van der Waals surface area (Å²) >= 11 is 0. The van der Waals surface area contributed by atoms with Gasteiger partial charge in [-0.1, -0.05) is 12.1 Å². The molecule has 18 heavy (non-hydrogen) atoms. The van der Waals surface area contributed by atoms with E-state index in [1.165, 1.54) is 0 Å². The predicted octanol–water partition coefficient (Wildman–Crippen LogP) is 0.853. The molecule has 2 heterocycles. The van der Waals surface area contributed by atoms with Crippen LogP contribution in [0.5, 0.6) is 0 Å². The van der Waals surface area contributed by atoms with Gasteiger partial charge in [-0.2, -0.15) is 0 Å². The fourth-order valence-corrected chi connectivity index (χ4v) is 2.92. The van der Waals surface area contributed by atoms with E-state index >= 15 is 0 Å². The minimum Gasteiger partial charge on any atom is -0.330 e. The summed E-state index contributed by atoms with van der Waals surface area (Å²) in [5.41, 5.74) is 8.74. The Morgan fingerprint density at radius 1 is 1.44 bits per heavy atom. The number of amides is 1. The Hall–Kier alpha value is -1.39. The molecule has 1 saturated heterocycles. The fraction of sp³-hybridized carbons (Fsp3) is 0.500. The first-order valence-corrected chi connectivity index (χ1v) is 6.63. The summed E-state index contributed by atoms with van der Waals surface area (Å²) in [5.74, 6) is 0.183. The van der Waals surface area contributed by atoms with Crippen LogP contribution in [-0.2, 0) is 13.1 Å². The summed E-state index contributed by atoms with van der Waals surface area (Å²) in [5, 5.41) is 3.37. The zero-order valence-electron chi connectivity index (χ0n) is 10.5. The molecule has 1 unspecified atom stereocenters. The molecule has 1 aromatic rings. The van der Waals surface area contributed by atoms with Gasteiger partial charge in [0.1, 0.15) is 0 Å². The molecule has 0 bridgehead atoms. The number of rotatable bonds is 2. The van der Waals surface area contributed by atoms with Crippen LogP contribution in [0, 0.1) is 0 Å². The SMILES string of the molecule is NCc1ccc2c(c1)CN(C1CCCNC1)C2=O. The number of fused-ring (bicyclic) bond motifs is 1. The first-order valence-electron chi connectivity index (χ1n) is 6.63. The van der Waals surface area contributed by atoms with Gasteiger partial charge in [-0.25, -0.2) is 0 Å². The van der Waals surface area contributed by atoms with Crippen LogP contribution in [0.3, 0.4) is 0 Å². The molecule has 96 valence electrons. The molecule has 0 radical (unpaired) electrons. The van der Waals surface area contributed by atoms with Crippen molar-refractivity contribution in [3.8, 4) is 0 Å². The molecule has 2 aliphatic rings. The van der Waals surface area contributed by atoms with Gasteiger partial charge in [0, 0.05) is 31.2 Å². The van der Waals surface area contributed by atoms with Crippen molar-refractivity contribution in [3.63, 3.8) is 0 Å². The number of piperidine rings is 1. The van der Waals surface area contributed by atoms with E-state index in [0.717, 1.165) is 49.2 Å². The standard InChI is InChI=1S/C14H19N3O/c15-7-10-3-4-13-11(6-10)9-17(14(13)18)12-2-1-5-16-8-12/h3-4,6,12,16H,1-2,5,7-9,15H2. The number of hydrogen-bond donors (Lipinski definition) is 2. The average Bonchev–Trinajstić information content (AvgIpc) is 2.76. The molecule has 0 aliphatic carbocycles. The molecule has 4 heteroatoms. The van der Waals surface area contributed by atoms with Gasteiger partial charge in [0.05, 0.1) is 0 Å².